The number of ether oxygens (including phenoxy) is 1. The van der Waals surface area contributed by atoms with E-state index in [4.69, 9.17) is 10.5 Å². The Morgan fingerprint density at radius 3 is 2.44 bits per heavy atom. The summed E-state index contributed by atoms with van der Waals surface area (Å²) in [6.07, 6.45) is 4.03. The summed E-state index contributed by atoms with van der Waals surface area (Å²) in [5.74, 6) is -0.185. The number of anilines is 2. The quantitative estimate of drug-likeness (QED) is 0.410. The summed E-state index contributed by atoms with van der Waals surface area (Å²) in [4.78, 5) is 44.3. The summed E-state index contributed by atoms with van der Waals surface area (Å²) < 4.78 is 6.57. The predicted octanol–water partition coefficient (Wildman–Crippen LogP) is 2.24. The Morgan fingerprint density at radius 2 is 1.79 bits per heavy atom. The van der Waals surface area contributed by atoms with Crippen LogP contribution in [0.3, 0.4) is 0 Å². The molecule has 1 heterocycles. The Kier molecular flexibility index (Phi) is 11.6. The van der Waals surface area contributed by atoms with Crippen molar-refractivity contribution < 1.29 is 9.53 Å². The first-order valence-corrected chi connectivity index (χ1v) is 12.1. The van der Waals surface area contributed by atoms with Crippen LogP contribution in [0.4, 0.5) is 11.5 Å². The van der Waals surface area contributed by atoms with Crippen molar-refractivity contribution in [3.63, 3.8) is 0 Å². The molecule has 0 fully saturated rings. The third kappa shape index (κ3) is 7.85. The number of carbonyl (C=O) groups is 1. The van der Waals surface area contributed by atoms with Gasteiger partial charge in [-0.15, -0.1) is 0 Å². The van der Waals surface area contributed by atoms with E-state index in [1.807, 2.05) is 36.9 Å². The molecule has 0 aliphatic rings. The number of hydrogen-bond acceptors (Lipinski definition) is 6. The van der Waals surface area contributed by atoms with E-state index in [1.165, 1.54) is 15.0 Å². The van der Waals surface area contributed by atoms with Gasteiger partial charge in [-0.2, -0.15) is 0 Å². The van der Waals surface area contributed by atoms with Crippen molar-refractivity contribution in [2.45, 2.75) is 52.5 Å². The van der Waals surface area contributed by atoms with Crippen LogP contribution < -0.4 is 21.9 Å². The summed E-state index contributed by atoms with van der Waals surface area (Å²) in [7, 11) is 1.63. The number of aromatic amines is 1. The minimum absolute atomic E-state index is 0.0348. The molecule has 0 saturated heterocycles. The fourth-order valence-corrected chi connectivity index (χ4v) is 3.88. The molecule has 1 aromatic carbocycles. The third-order valence-corrected chi connectivity index (χ3v) is 5.72. The number of H-pyrrole nitrogens is 1. The fraction of sp³-hybridized carbons (Fsp3) is 0.560. The van der Waals surface area contributed by atoms with Gasteiger partial charge in [0.15, 0.2) is 5.69 Å². The van der Waals surface area contributed by atoms with E-state index in [9.17, 15) is 14.4 Å². The molecular weight excluding hydrogens is 434 g/mol. The van der Waals surface area contributed by atoms with Gasteiger partial charge in [-0.1, -0.05) is 50.6 Å². The second-order valence-corrected chi connectivity index (χ2v) is 8.40. The first-order valence-electron chi connectivity index (χ1n) is 12.1. The molecule has 9 heteroatoms. The summed E-state index contributed by atoms with van der Waals surface area (Å²) in [6, 6.07) is 10.2. The highest BCUT2D eigenvalue weighted by molar-refractivity contribution is 5.96. The number of rotatable bonds is 15. The fourth-order valence-electron chi connectivity index (χ4n) is 3.88. The molecule has 0 aliphatic carbocycles. The molecule has 0 radical (unpaired) electrons. The van der Waals surface area contributed by atoms with Crippen molar-refractivity contribution >= 4 is 17.4 Å². The van der Waals surface area contributed by atoms with Crippen LogP contribution in [0.1, 0.15) is 45.1 Å². The van der Waals surface area contributed by atoms with E-state index in [1.54, 1.807) is 7.11 Å². The first-order chi connectivity index (χ1) is 16.4. The van der Waals surface area contributed by atoms with Gasteiger partial charge in [0, 0.05) is 26.7 Å². The number of benzene rings is 1. The van der Waals surface area contributed by atoms with Crippen molar-refractivity contribution in [2.24, 2.45) is 0 Å². The molecule has 2 aromatic rings. The lowest BCUT2D eigenvalue weighted by Gasteiger charge is -2.28. The Balaban J connectivity index is 2.23. The van der Waals surface area contributed by atoms with Crippen LogP contribution in [0, 0.1) is 0 Å². The predicted molar refractivity (Wildman–Crippen MR) is 136 cm³/mol. The van der Waals surface area contributed by atoms with Crippen LogP contribution in [0.25, 0.3) is 0 Å². The standard InChI is InChI=1S/C25H39N5O4/c1-4-6-16-29(22-23(26)30(14-5-2)25(33)27-24(22)32)21(31)19-28(17-18-34-3)15-10-13-20-11-8-7-9-12-20/h7-9,11-12H,4-6,10,13-19,26H2,1-3H3,(H,27,32,33). The zero-order valence-electron chi connectivity index (χ0n) is 20.7. The zero-order valence-corrected chi connectivity index (χ0v) is 20.7. The van der Waals surface area contributed by atoms with Crippen molar-refractivity contribution in [3.05, 3.63) is 56.7 Å². The molecule has 2 rings (SSSR count). The van der Waals surface area contributed by atoms with Gasteiger partial charge in [0.2, 0.25) is 5.91 Å². The number of nitrogens with two attached hydrogens (primary N) is 1. The van der Waals surface area contributed by atoms with E-state index >= 15 is 0 Å². The number of aryl methyl sites for hydroxylation is 1. The van der Waals surface area contributed by atoms with E-state index in [-0.39, 0.29) is 24.0 Å². The Morgan fingerprint density at radius 1 is 1.06 bits per heavy atom. The summed E-state index contributed by atoms with van der Waals surface area (Å²) in [5, 5.41) is 0. The van der Waals surface area contributed by atoms with Gasteiger partial charge >= 0.3 is 5.69 Å². The number of hydrogen-bond donors (Lipinski definition) is 2. The van der Waals surface area contributed by atoms with Crippen molar-refractivity contribution in [3.8, 4) is 0 Å². The SMILES string of the molecule is CCCCN(C(=O)CN(CCCc1ccccc1)CCOC)c1c(N)n(CCC)c(=O)[nH]c1=O. The smallest absolute Gasteiger partial charge is 0.330 e. The summed E-state index contributed by atoms with van der Waals surface area (Å²) in [6.45, 7) is 6.60. The number of methoxy groups -OCH3 is 1. The number of aromatic nitrogens is 2. The van der Waals surface area contributed by atoms with Crippen LogP contribution in [0.5, 0.6) is 0 Å². The van der Waals surface area contributed by atoms with Crippen LogP contribution in [-0.4, -0.2) is 60.3 Å². The van der Waals surface area contributed by atoms with Crippen LogP contribution in [0.2, 0.25) is 0 Å². The van der Waals surface area contributed by atoms with Crippen molar-refractivity contribution in [1.82, 2.24) is 14.5 Å². The number of nitrogens with zero attached hydrogens (tertiary/aromatic N) is 3. The van der Waals surface area contributed by atoms with Crippen molar-refractivity contribution in [1.29, 1.82) is 0 Å². The molecule has 3 N–H and O–H groups in total. The topological polar surface area (TPSA) is 114 Å². The molecule has 0 spiro atoms. The maximum absolute atomic E-state index is 13.5. The highest BCUT2D eigenvalue weighted by Gasteiger charge is 2.25. The average Bonchev–Trinajstić information content (AvgIpc) is 2.82. The van der Waals surface area contributed by atoms with Crippen LogP contribution in [-0.2, 0) is 22.5 Å². The van der Waals surface area contributed by atoms with Gasteiger partial charge in [-0.05, 0) is 37.8 Å². The maximum Gasteiger partial charge on any atom is 0.330 e. The van der Waals surface area contributed by atoms with Gasteiger partial charge in [0.1, 0.15) is 5.82 Å². The lowest BCUT2D eigenvalue weighted by Crippen LogP contribution is -2.46. The van der Waals surface area contributed by atoms with Crippen LogP contribution in [0.15, 0.2) is 39.9 Å². The van der Waals surface area contributed by atoms with Gasteiger partial charge in [0.05, 0.1) is 13.2 Å². The lowest BCUT2D eigenvalue weighted by molar-refractivity contribution is -0.120. The number of nitrogen functional groups attached to an aromatic ring is 1. The van der Waals surface area contributed by atoms with E-state index in [0.29, 0.717) is 45.6 Å². The minimum Gasteiger partial charge on any atom is -0.383 e. The van der Waals surface area contributed by atoms with Gasteiger partial charge in [-0.25, -0.2) is 4.79 Å². The highest BCUT2D eigenvalue weighted by Crippen LogP contribution is 2.18. The maximum atomic E-state index is 13.5. The van der Waals surface area contributed by atoms with E-state index in [2.05, 4.69) is 17.1 Å². The molecule has 188 valence electrons. The van der Waals surface area contributed by atoms with E-state index < -0.39 is 11.2 Å². The van der Waals surface area contributed by atoms with Gasteiger partial charge in [0.25, 0.3) is 5.56 Å². The normalized spacial score (nSPS) is 11.2. The number of nitrogens with one attached hydrogen (secondary N) is 1. The van der Waals surface area contributed by atoms with Gasteiger partial charge in [-0.3, -0.25) is 24.0 Å². The van der Waals surface area contributed by atoms with Gasteiger partial charge < -0.3 is 15.4 Å². The zero-order chi connectivity index (χ0) is 24.9. The molecule has 34 heavy (non-hydrogen) atoms. The molecule has 0 aliphatic heterocycles. The summed E-state index contributed by atoms with van der Waals surface area (Å²) in [5.41, 5.74) is 6.37. The monoisotopic (exact) mass is 473 g/mol. The molecule has 1 amide bonds. The second kappa shape index (κ2) is 14.4. The third-order valence-electron chi connectivity index (χ3n) is 5.72. The van der Waals surface area contributed by atoms with Crippen molar-refractivity contribution in [2.75, 3.05) is 50.5 Å². The Bertz CT molecular complexity index is 1000. The molecule has 0 unspecified atom stereocenters. The first kappa shape index (κ1) is 27.3. The molecule has 9 nitrogen and oxygen atoms in total. The van der Waals surface area contributed by atoms with Crippen LogP contribution >= 0.6 is 0 Å². The summed E-state index contributed by atoms with van der Waals surface area (Å²) >= 11 is 0. The number of unbranched alkanes of at least 4 members (excludes halogenated alkanes) is 1. The lowest BCUT2D eigenvalue weighted by atomic mass is 10.1. The molecule has 0 bridgehead atoms. The second-order valence-electron chi connectivity index (χ2n) is 8.40. The molecule has 0 atom stereocenters. The van der Waals surface area contributed by atoms with E-state index in [0.717, 1.165) is 19.3 Å². The number of carbonyl (C=O) groups excluding carboxylic acids is 1. The molecular formula is C25H39N5O4. The molecule has 1 aromatic heterocycles. The number of amides is 1. The average molecular weight is 474 g/mol. The largest absolute Gasteiger partial charge is 0.383 e. The Labute approximate surface area is 201 Å². The highest BCUT2D eigenvalue weighted by atomic mass is 16.5. The Hall–Kier alpha value is -2.91. The molecule has 0 saturated carbocycles. The minimum atomic E-state index is -0.633.